The molecule has 0 aromatic heterocycles. The van der Waals surface area contributed by atoms with Crippen LogP contribution in [-0.2, 0) is 0 Å². The maximum atomic E-state index is 12.2. The van der Waals surface area contributed by atoms with Crippen LogP contribution in [-0.4, -0.2) is 48.1 Å². The Hall–Kier alpha value is -3.86. The molecule has 2 aromatic carbocycles. The number of rotatable bonds is 6. The van der Waals surface area contributed by atoms with Gasteiger partial charge in [0.05, 0.1) is 42.2 Å². The summed E-state index contributed by atoms with van der Waals surface area (Å²) in [5.74, 6) is -0.546. The van der Waals surface area contributed by atoms with Crippen molar-refractivity contribution >= 4 is 29.2 Å². The number of anilines is 1. The van der Waals surface area contributed by atoms with Crippen molar-refractivity contribution in [3.63, 3.8) is 0 Å². The summed E-state index contributed by atoms with van der Waals surface area (Å²) in [6, 6.07) is 9.64. The fourth-order valence-electron chi connectivity index (χ4n) is 3.00. The summed E-state index contributed by atoms with van der Waals surface area (Å²) in [5.41, 5.74) is 3.68. The molecule has 0 atom stereocenters. The van der Waals surface area contributed by atoms with E-state index in [1.165, 1.54) is 42.6 Å². The van der Waals surface area contributed by atoms with E-state index in [0.29, 0.717) is 5.56 Å². The lowest BCUT2D eigenvalue weighted by atomic mass is 10.1. The van der Waals surface area contributed by atoms with Gasteiger partial charge in [-0.05, 0) is 18.2 Å². The van der Waals surface area contributed by atoms with E-state index >= 15 is 0 Å². The van der Waals surface area contributed by atoms with Crippen molar-refractivity contribution in [2.75, 3.05) is 31.1 Å². The minimum Gasteiger partial charge on any atom is -0.360 e. The third kappa shape index (κ3) is 4.90. The zero-order chi connectivity index (χ0) is 20.8. The molecular formula is C18H19N6O5+. The molecule has 150 valence electrons. The summed E-state index contributed by atoms with van der Waals surface area (Å²) in [6.45, 7) is 3.44. The molecule has 11 nitrogen and oxygen atoms in total. The maximum absolute atomic E-state index is 12.2. The fraction of sp³-hybridized carbons (Fsp3) is 0.222. The minimum atomic E-state index is -0.554. The van der Waals surface area contributed by atoms with E-state index in [0.717, 1.165) is 31.9 Å². The number of carbonyl (C=O) groups excluding carboxylic acids is 1. The molecule has 1 aliphatic rings. The summed E-state index contributed by atoms with van der Waals surface area (Å²) < 4.78 is 0. The van der Waals surface area contributed by atoms with Gasteiger partial charge in [-0.1, -0.05) is 0 Å². The fourth-order valence-corrected chi connectivity index (χ4v) is 3.00. The molecule has 2 aromatic rings. The quantitative estimate of drug-likeness (QED) is 0.414. The van der Waals surface area contributed by atoms with Crippen LogP contribution in [0.4, 0.5) is 17.1 Å². The number of nitro groups is 2. The first kappa shape index (κ1) is 19.9. The molecule has 1 heterocycles. The van der Waals surface area contributed by atoms with Gasteiger partial charge in [-0.3, -0.25) is 25.0 Å². The Balaban J connectivity index is 1.77. The van der Waals surface area contributed by atoms with Crippen LogP contribution in [0.5, 0.6) is 0 Å². The number of amides is 1. The average molecular weight is 399 g/mol. The van der Waals surface area contributed by atoms with Gasteiger partial charge >= 0.3 is 0 Å². The molecule has 11 heteroatoms. The predicted molar refractivity (Wildman–Crippen MR) is 105 cm³/mol. The van der Waals surface area contributed by atoms with Crippen LogP contribution in [0.3, 0.4) is 0 Å². The molecule has 3 N–H and O–H groups in total. The van der Waals surface area contributed by atoms with Gasteiger partial charge in [0, 0.05) is 41.1 Å². The van der Waals surface area contributed by atoms with Crippen molar-refractivity contribution in [2.45, 2.75) is 0 Å². The largest absolute Gasteiger partial charge is 0.360 e. The molecule has 0 unspecified atom stereocenters. The Morgan fingerprint density at radius 2 is 1.66 bits per heavy atom. The van der Waals surface area contributed by atoms with Crippen LogP contribution >= 0.6 is 0 Å². The van der Waals surface area contributed by atoms with E-state index in [4.69, 9.17) is 0 Å². The van der Waals surface area contributed by atoms with E-state index in [2.05, 4.69) is 20.7 Å². The molecule has 1 saturated heterocycles. The van der Waals surface area contributed by atoms with Gasteiger partial charge in [0.1, 0.15) is 0 Å². The van der Waals surface area contributed by atoms with Crippen LogP contribution in [0, 0.1) is 20.2 Å². The lowest BCUT2D eigenvalue weighted by molar-refractivity contribution is -0.655. The van der Waals surface area contributed by atoms with E-state index < -0.39 is 15.8 Å². The molecule has 0 bridgehead atoms. The number of hydrazone groups is 1. The second-order valence-electron chi connectivity index (χ2n) is 6.36. The summed E-state index contributed by atoms with van der Waals surface area (Å²) in [7, 11) is 0. The number of hydrogen-bond donors (Lipinski definition) is 2. The van der Waals surface area contributed by atoms with Crippen LogP contribution in [0.25, 0.3) is 0 Å². The highest BCUT2D eigenvalue weighted by Gasteiger charge is 2.18. The number of piperazine rings is 1. The van der Waals surface area contributed by atoms with Gasteiger partial charge in [-0.2, -0.15) is 5.10 Å². The summed E-state index contributed by atoms with van der Waals surface area (Å²) in [5, 5.41) is 27.9. The number of benzene rings is 2. The highest BCUT2D eigenvalue weighted by molar-refractivity contribution is 5.96. The number of quaternary nitrogens is 1. The number of nitrogens with zero attached hydrogens (tertiary/aromatic N) is 4. The summed E-state index contributed by atoms with van der Waals surface area (Å²) in [4.78, 5) is 35.0. The molecule has 29 heavy (non-hydrogen) atoms. The topological polar surface area (TPSA) is 148 Å². The number of non-ortho nitro benzene ring substituents is 2. The molecule has 1 amide bonds. The maximum Gasteiger partial charge on any atom is 0.271 e. The van der Waals surface area contributed by atoms with Crippen LogP contribution < -0.4 is 15.6 Å². The van der Waals surface area contributed by atoms with E-state index in [1.807, 2.05) is 0 Å². The van der Waals surface area contributed by atoms with Crippen molar-refractivity contribution in [2.24, 2.45) is 5.10 Å². The Kier molecular flexibility index (Phi) is 6.09. The van der Waals surface area contributed by atoms with Crippen molar-refractivity contribution < 1.29 is 20.0 Å². The normalized spacial score (nSPS) is 14.0. The molecular weight excluding hydrogens is 380 g/mol. The Morgan fingerprint density at radius 3 is 2.28 bits per heavy atom. The monoisotopic (exact) mass is 399 g/mol. The van der Waals surface area contributed by atoms with E-state index in [-0.39, 0.29) is 16.9 Å². The smallest absolute Gasteiger partial charge is 0.271 e. The standard InChI is InChI=1S/C18H18N6O5/c25-18(13-1-3-15(4-2-13)23(26)27)21-20-12-14-11-16(24(28)29)5-6-17(14)22-9-7-19-8-10-22/h1-6,11-12,19H,7-10H2,(H,21,25)/p+1/b20-12-. The zero-order valence-electron chi connectivity index (χ0n) is 15.4. The van der Waals surface area contributed by atoms with E-state index in [1.54, 1.807) is 6.07 Å². The van der Waals surface area contributed by atoms with Gasteiger partial charge in [0.25, 0.3) is 17.3 Å². The lowest BCUT2D eigenvalue weighted by Gasteiger charge is -2.28. The number of nitro benzene ring substituents is 2. The van der Waals surface area contributed by atoms with Gasteiger partial charge in [0.15, 0.2) is 0 Å². The average Bonchev–Trinajstić information content (AvgIpc) is 2.74. The first-order valence-electron chi connectivity index (χ1n) is 8.88. The summed E-state index contributed by atoms with van der Waals surface area (Å²) >= 11 is 0. The zero-order valence-corrected chi connectivity index (χ0v) is 15.4. The molecule has 0 spiro atoms. The van der Waals surface area contributed by atoms with Crippen LogP contribution in [0.2, 0.25) is 0 Å². The van der Waals surface area contributed by atoms with Gasteiger partial charge in [-0.15, -0.1) is 0 Å². The Morgan fingerprint density at radius 1 is 1.03 bits per heavy atom. The number of hydrogen-bond acceptors (Lipinski definition) is 7. The van der Waals surface area contributed by atoms with Crippen molar-refractivity contribution in [1.82, 2.24) is 5.43 Å². The predicted octanol–water partition coefficient (Wildman–Crippen LogP) is 0.650. The van der Waals surface area contributed by atoms with Gasteiger partial charge in [0.2, 0.25) is 0 Å². The lowest BCUT2D eigenvalue weighted by Crippen LogP contribution is -2.89. The second kappa shape index (κ2) is 8.89. The molecule has 0 radical (unpaired) electrons. The molecule has 1 aliphatic heterocycles. The SMILES string of the molecule is O=C(N/N=C\c1cc([N+](=O)[O-])ccc1N1CC[NH2+]CC1)c1ccc([N+](=O)[O-])cc1. The highest BCUT2D eigenvalue weighted by atomic mass is 16.6. The Labute approximate surface area is 165 Å². The molecule has 1 fully saturated rings. The first-order chi connectivity index (χ1) is 14.0. The number of nitrogens with two attached hydrogens (primary N) is 1. The molecule has 3 rings (SSSR count). The third-order valence-corrected chi connectivity index (χ3v) is 4.48. The van der Waals surface area contributed by atoms with Crippen LogP contribution in [0.15, 0.2) is 47.6 Å². The third-order valence-electron chi connectivity index (χ3n) is 4.48. The van der Waals surface area contributed by atoms with Crippen molar-refractivity contribution in [3.8, 4) is 0 Å². The van der Waals surface area contributed by atoms with Crippen molar-refractivity contribution in [3.05, 3.63) is 73.8 Å². The van der Waals surface area contributed by atoms with Crippen molar-refractivity contribution in [1.29, 1.82) is 0 Å². The minimum absolute atomic E-state index is 0.0690. The van der Waals surface area contributed by atoms with Gasteiger partial charge < -0.3 is 10.2 Å². The number of carbonyl (C=O) groups is 1. The first-order valence-corrected chi connectivity index (χ1v) is 8.88. The van der Waals surface area contributed by atoms with E-state index in [9.17, 15) is 25.0 Å². The molecule has 0 aliphatic carbocycles. The Bertz CT molecular complexity index is 954. The molecule has 0 saturated carbocycles. The number of nitrogens with one attached hydrogen (secondary N) is 1. The summed E-state index contributed by atoms with van der Waals surface area (Å²) in [6.07, 6.45) is 1.37. The van der Waals surface area contributed by atoms with Gasteiger partial charge in [-0.25, -0.2) is 5.43 Å². The van der Waals surface area contributed by atoms with Crippen LogP contribution in [0.1, 0.15) is 15.9 Å². The highest BCUT2D eigenvalue weighted by Crippen LogP contribution is 2.24. The second-order valence-corrected chi connectivity index (χ2v) is 6.36.